The third-order valence-electron chi connectivity index (χ3n) is 5.07. The van der Waals surface area contributed by atoms with Crippen LogP contribution in [0.2, 0.25) is 0 Å². The number of rotatable bonds is 5. The number of benzene rings is 1. The van der Waals surface area contributed by atoms with Gasteiger partial charge in [0.15, 0.2) is 0 Å². The topological polar surface area (TPSA) is 23.6 Å². The van der Waals surface area contributed by atoms with Gasteiger partial charge in [0.25, 0.3) is 5.91 Å². The van der Waals surface area contributed by atoms with Crippen molar-refractivity contribution < 1.29 is 4.79 Å². The number of unbranched alkanes of at least 4 members (excludes halogenated alkanes) is 1. The van der Waals surface area contributed by atoms with Gasteiger partial charge < -0.3 is 4.90 Å². The predicted octanol–water partition coefficient (Wildman–Crippen LogP) is 3.68. The van der Waals surface area contributed by atoms with Crippen LogP contribution in [0.15, 0.2) is 42.1 Å². The zero-order chi connectivity index (χ0) is 15.5. The molecule has 1 aromatic carbocycles. The first-order chi connectivity index (χ1) is 10.7. The van der Waals surface area contributed by atoms with Gasteiger partial charge in [0.2, 0.25) is 0 Å². The van der Waals surface area contributed by atoms with Crippen LogP contribution in [0.4, 0.5) is 0 Å². The lowest BCUT2D eigenvalue weighted by Gasteiger charge is -2.35. The summed E-state index contributed by atoms with van der Waals surface area (Å²) in [6, 6.07) is 10.8. The third-order valence-corrected chi connectivity index (χ3v) is 5.07. The molecule has 1 amide bonds. The van der Waals surface area contributed by atoms with Crippen LogP contribution in [0.5, 0.6) is 0 Å². The Morgan fingerprint density at radius 3 is 2.73 bits per heavy atom. The van der Waals surface area contributed by atoms with E-state index in [1.807, 2.05) is 35.2 Å². The molecule has 0 unspecified atom stereocenters. The summed E-state index contributed by atoms with van der Waals surface area (Å²) >= 11 is 0. The van der Waals surface area contributed by atoms with Crippen molar-refractivity contribution in [1.82, 2.24) is 9.80 Å². The van der Waals surface area contributed by atoms with E-state index in [0.29, 0.717) is 12.1 Å². The number of likely N-dealkylation sites (N-methyl/N-ethyl adjacent to an activating group) is 1. The highest BCUT2D eigenvalue weighted by atomic mass is 16.2. The van der Waals surface area contributed by atoms with Gasteiger partial charge in [-0.05, 0) is 44.5 Å². The predicted molar refractivity (Wildman–Crippen MR) is 89.7 cm³/mol. The number of amides is 1. The maximum Gasteiger partial charge on any atom is 0.257 e. The number of hydrogen-bond donors (Lipinski definition) is 0. The maximum atomic E-state index is 12.9. The van der Waals surface area contributed by atoms with Gasteiger partial charge in [-0.2, -0.15) is 0 Å². The second-order valence-corrected chi connectivity index (χ2v) is 6.50. The van der Waals surface area contributed by atoms with E-state index in [1.165, 1.54) is 18.5 Å². The number of carbonyl (C=O) groups excluding carboxylic acids is 1. The second-order valence-electron chi connectivity index (χ2n) is 6.50. The molecule has 0 aliphatic carbocycles. The second kappa shape index (κ2) is 6.66. The number of nitrogens with zero attached hydrogens (tertiary/aromatic N) is 2. The molecule has 1 saturated heterocycles. The quantitative estimate of drug-likeness (QED) is 0.828. The van der Waals surface area contributed by atoms with Gasteiger partial charge in [-0.15, -0.1) is 0 Å². The summed E-state index contributed by atoms with van der Waals surface area (Å²) in [6.07, 6.45) is 7.99. The minimum Gasteiger partial charge on any atom is -0.312 e. The summed E-state index contributed by atoms with van der Waals surface area (Å²) in [6.45, 7) is 3.01. The summed E-state index contributed by atoms with van der Waals surface area (Å²) in [5.74, 6) is 0.157. The van der Waals surface area contributed by atoms with Crippen LogP contribution >= 0.6 is 0 Å². The molecule has 0 radical (unpaired) electrons. The van der Waals surface area contributed by atoms with Crippen LogP contribution in [0.1, 0.15) is 49.4 Å². The van der Waals surface area contributed by atoms with Gasteiger partial charge in [-0.1, -0.05) is 31.5 Å². The van der Waals surface area contributed by atoms with Crippen LogP contribution in [-0.2, 0) is 0 Å². The fourth-order valence-electron chi connectivity index (χ4n) is 3.65. The fraction of sp³-hybridized carbons (Fsp3) is 0.526. The number of carbonyl (C=O) groups is 1. The van der Waals surface area contributed by atoms with Gasteiger partial charge in [0.1, 0.15) is 0 Å². The van der Waals surface area contributed by atoms with E-state index in [2.05, 4.69) is 24.9 Å². The van der Waals surface area contributed by atoms with E-state index in [4.69, 9.17) is 0 Å². The first kappa shape index (κ1) is 15.3. The van der Waals surface area contributed by atoms with Crippen molar-refractivity contribution >= 4 is 5.91 Å². The highest BCUT2D eigenvalue weighted by Crippen LogP contribution is 2.35. The molecule has 2 bridgehead atoms. The Bertz CT molecular complexity index is 552. The van der Waals surface area contributed by atoms with Gasteiger partial charge in [-0.3, -0.25) is 9.69 Å². The lowest BCUT2D eigenvalue weighted by atomic mass is 10.0. The molecule has 0 saturated carbocycles. The Kier molecular flexibility index (Phi) is 4.63. The van der Waals surface area contributed by atoms with Gasteiger partial charge in [0.05, 0.1) is 0 Å². The summed E-state index contributed by atoms with van der Waals surface area (Å²) in [4.78, 5) is 17.4. The summed E-state index contributed by atoms with van der Waals surface area (Å²) in [5, 5.41) is 0. The zero-order valence-corrected chi connectivity index (χ0v) is 13.7. The molecule has 2 heterocycles. The Labute approximate surface area is 133 Å². The Hall–Kier alpha value is -1.61. The van der Waals surface area contributed by atoms with Crippen LogP contribution < -0.4 is 0 Å². The Morgan fingerprint density at radius 2 is 2.05 bits per heavy atom. The molecule has 3 nitrogen and oxygen atoms in total. The minimum absolute atomic E-state index is 0.157. The molecule has 3 heteroatoms. The Balaban J connectivity index is 1.84. The molecular formula is C19H26N2O. The van der Waals surface area contributed by atoms with Gasteiger partial charge in [-0.25, -0.2) is 0 Å². The molecule has 118 valence electrons. The van der Waals surface area contributed by atoms with E-state index in [-0.39, 0.29) is 5.91 Å². The van der Waals surface area contributed by atoms with Crippen molar-refractivity contribution in [1.29, 1.82) is 0 Å². The first-order valence-electron chi connectivity index (χ1n) is 8.50. The van der Waals surface area contributed by atoms with Crippen molar-refractivity contribution in [2.24, 2.45) is 0 Å². The van der Waals surface area contributed by atoms with E-state index in [0.717, 1.165) is 31.4 Å². The summed E-state index contributed by atoms with van der Waals surface area (Å²) in [7, 11) is 2.21. The molecule has 0 N–H and O–H groups in total. The molecule has 2 aliphatic heterocycles. The smallest absolute Gasteiger partial charge is 0.257 e. The van der Waals surface area contributed by atoms with Gasteiger partial charge in [0, 0.05) is 36.3 Å². The lowest BCUT2D eigenvalue weighted by molar-refractivity contribution is 0.0784. The van der Waals surface area contributed by atoms with Crippen LogP contribution in [0.3, 0.4) is 0 Å². The molecule has 2 aliphatic rings. The van der Waals surface area contributed by atoms with Crippen molar-refractivity contribution in [3.05, 3.63) is 47.7 Å². The lowest BCUT2D eigenvalue weighted by Crippen LogP contribution is -2.41. The van der Waals surface area contributed by atoms with E-state index in [9.17, 15) is 4.79 Å². The standard InChI is InChI=1S/C19H26N2O/c1-3-4-12-21(19(22)15-8-6-5-7-9-15)18-13-16-10-11-17(14-18)20(16)2/h5-9,13,16-17H,3-4,10-12,14H2,1-2H3/t16-,17+/m1/s1. The monoisotopic (exact) mass is 298 g/mol. The molecule has 0 aromatic heterocycles. The SMILES string of the molecule is CCCCN(C(=O)c1ccccc1)C1=C[C@H]2CC[C@@H](C1)N2C. The van der Waals surface area contributed by atoms with Crippen molar-refractivity contribution in [3.8, 4) is 0 Å². The molecule has 0 spiro atoms. The fourth-order valence-corrected chi connectivity index (χ4v) is 3.65. The highest BCUT2D eigenvalue weighted by molar-refractivity contribution is 5.95. The van der Waals surface area contributed by atoms with Crippen LogP contribution in [0, 0.1) is 0 Å². The first-order valence-corrected chi connectivity index (χ1v) is 8.50. The van der Waals surface area contributed by atoms with E-state index < -0.39 is 0 Å². The van der Waals surface area contributed by atoms with E-state index >= 15 is 0 Å². The van der Waals surface area contributed by atoms with Crippen molar-refractivity contribution in [3.63, 3.8) is 0 Å². The maximum absolute atomic E-state index is 12.9. The van der Waals surface area contributed by atoms with E-state index in [1.54, 1.807) is 0 Å². The molecule has 3 rings (SSSR count). The largest absolute Gasteiger partial charge is 0.312 e. The molecule has 22 heavy (non-hydrogen) atoms. The van der Waals surface area contributed by atoms with Gasteiger partial charge >= 0.3 is 0 Å². The molecule has 2 atom stereocenters. The average molecular weight is 298 g/mol. The van der Waals surface area contributed by atoms with Crippen LogP contribution in [-0.4, -0.2) is 41.4 Å². The molecule has 1 aromatic rings. The van der Waals surface area contributed by atoms with Crippen LogP contribution in [0.25, 0.3) is 0 Å². The number of hydrogen-bond acceptors (Lipinski definition) is 2. The summed E-state index contributed by atoms with van der Waals surface area (Å²) < 4.78 is 0. The highest BCUT2D eigenvalue weighted by Gasteiger charge is 2.36. The summed E-state index contributed by atoms with van der Waals surface area (Å²) in [5.41, 5.74) is 2.04. The number of fused-ring (bicyclic) bond motifs is 2. The average Bonchev–Trinajstić information content (AvgIpc) is 2.77. The third kappa shape index (κ3) is 2.95. The minimum atomic E-state index is 0.157. The molecular weight excluding hydrogens is 272 g/mol. The zero-order valence-electron chi connectivity index (χ0n) is 13.7. The van der Waals surface area contributed by atoms with Crippen molar-refractivity contribution in [2.45, 2.75) is 51.1 Å². The van der Waals surface area contributed by atoms with Crippen molar-refractivity contribution in [2.75, 3.05) is 13.6 Å². The normalized spacial score (nSPS) is 24.2. The molecule has 1 fully saturated rings. The Morgan fingerprint density at radius 1 is 1.27 bits per heavy atom.